The molecule has 3 nitrogen and oxygen atoms in total. The SMILES string of the molecule is C=Cc1c(CC2CC[C@@H](C)N(C(=O)Cc3cccs3)CC2)c(N)cc(-c2ccccc2)c1C(C)C. The number of nitrogens with two attached hydrogens (primary N) is 1. The van der Waals surface area contributed by atoms with Gasteiger partial charge in [-0.3, -0.25) is 4.79 Å². The van der Waals surface area contributed by atoms with E-state index in [1.165, 1.54) is 27.8 Å². The Balaban J connectivity index is 1.57. The molecule has 0 saturated carbocycles. The normalized spacial score (nSPS) is 18.5. The van der Waals surface area contributed by atoms with Crippen LogP contribution in [-0.2, 0) is 17.6 Å². The van der Waals surface area contributed by atoms with Crippen LogP contribution >= 0.6 is 11.3 Å². The van der Waals surface area contributed by atoms with E-state index in [9.17, 15) is 4.79 Å². The number of nitrogen functional groups attached to an aromatic ring is 1. The third kappa shape index (κ3) is 5.70. The van der Waals surface area contributed by atoms with Crippen molar-refractivity contribution in [1.29, 1.82) is 0 Å². The fourth-order valence-corrected chi connectivity index (χ4v) is 6.27. The summed E-state index contributed by atoms with van der Waals surface area (Å²) >= 11 is 1.66. The van der Waals surface area contributed by atoms with Gasteiger partial charge < -0.3 is 10.6 Å². The molecule has 1 aliphatic rings. The van der Waals surface area contributed by atoms with Crippen LogP contribution < -0.4 is 5.73 Å². The number of rotatable bonds is 7. The zero-order chi connectivity index (χ0) is 24.9. The molecule has 35 heavy (non-hydrogen) atoms. The van der Waals surface area contributed by atoms with Crippen LogP contribution in [0.15, 0.2) is 60.5 Å². The molecule has 184 valence electrons. The highest BCUT2D eigenvalue weighted by Crippen LogP contribution is 2.39. The van der Waals surface area contributed by atoms with Gasteiger partial charge in [0.2, 0.25) is 5.91 Å². The second-order valence-electron chi connectivity index (χ2n) is 10.2. The molecule has 2 heterocycles. The van der Waals surface area contributed by atoms with Gasteiger partial charge in [-0.2, -0.15) is 0 Å². The lowest BCUT2D eigenvalue weighted by Gasteiger charge is -2.27. The predicted molar refractivity (Wildman–Crippen MR) is 151 cm³/mol. The molecule has 0 spiro atoms. The standard InChI is InChI=1S/C31H38N2OS/c1-5-26-28(29(32)20-27(31(26)21(2)3)24-10-7-6-8-11-24)18-23-14-13-22(4)33(16-15-23)30(34)19-25-12-9-17-35-25/h5-12,17,20-23H,1,13-16,18-19,32H2,2-4H3/t22-,23?/m1/s1. The molecule has 0 radical (unpaired) electrons. The van der Waals surface area contributed by atoms with Gasteiger partial charge in [0.1, 0.15) is 0 Å². The van der Waals surface area contributed by atoms with E-state index in [0.717, 1.165) is 42.8 Å². The fourth-order valence-electron chi connectivity index (χ4n) is 5.57. The Bertz CT molecular complexity index is 1150. The van der Waals surface area contributed by atoms with Crippen molar-refractivity contribution in [2.75, 3.05) is 12.3 Å². The topological polar surface area (TPSA) is 46.3 Å². The predicted octanol–water partition coefficient (Wildman–Crippen LogP) is 7.57. The summed E-state index contributed by atoms with van der Waals surface area (Å²) in [7, 11) is 0. The Kier molecular flexibility index (Phi) is 8.12. The van der Waals surface area contributed by atoms with E-state index in [2.05, 4.69) is 68.6 Å². The molecule has 1 fully saturated rings. The van der Waals surface area contributed by atoms with E-state index in [1.807, 2.05) is 23.6 Å². The number of anilines is 1. The molecule has 0 bridgehead atoms. The third-order valence-electron chi connectivity index (χ3n) is 7.44. The van der Waals surface area contributed by atoms with Crippen LogP contribution in [0.1, 0.15) is 67.5 Å². The average molecular weight is 487 g/mol. The van der Waals surface area contributed by atoms with Gasteiger partial charge in [-0.25, -0.2) is 0 Å². The zero-order valence-corrected chi connectivity index (χ0v) is 22.1. The van der Waals surface area contributed by atoms with Crippen LogP contribution in [0.25, 0.3) is 17.2 Å². The lowest BCUT2D eigenvalue weighted by Crippen LogP contribution is -2.39. The Labute approximate surface area is 214 Å². The molecule has 1 saturated heterocycles. The molecular formula is C31H38N2OS. The fraction of sp³-hybridized carbons (Fsp3) is 0.387. The van der Waals surface area contributed by atoms with E-state index in [-0.39, 0.29) is 11.9 Å². The van der Waals surface area contributed by atoms with Crippen molar-refractivity contribution >= 4 is 29.0 Å². The van der Waals surface area contributed by atoms with Crippen molar-refractivity contribution in [3.05, 3.63) is 82.1 Å². The first kappa shape index (κ1) is 25.2. The van der Waals surface area contributed by atoms with Crippen LogP contribution in [0.4, 0.5) is 5.69 Å². The number of likely N-dealkylation sites (tertiary alicyclic amines) is 1. The van der Waals surface area contributed by atoms with Crippen LogP contribution in [0, 0.1) is 5.92 Å². The molecule has 4 heteroatoms. The van der Waals surface area contributed by atoms with Gasteiger partial charge in [-0.15, -0.1) is 11.3 Å². The van der Waals surface area contributed by atoms with E-state index >= 15 is 0 Å². The van der Waals surface area contributed by atoms with Crippen molar-refractivity contribution in [2.24, 2.45) is 5.92 Å². The minimum absolute atomic E-state index is 0.251. The number of amides is 1. The highest BCUT2D eigenvalue weighted by atomic mass is 32.1. The van der Waals surface area contributed by atoms with Gasteiger partial charge in [-0.1, -0.05) is 62.9 Å². The summed E-state index contributed by atoms with van der Waals surface area (Å²) in [6.07, 6.45) is 6.60. The van der Waals surface area contributed by atoms with E-state index < -0.39 is 0 Å². The van der Waals surface area contributed by atoms with Crippen molar-refractivity contribution in [1.82, 2.24) is 4.90 Å². The molecule has 1 unspecified atom stereocenters. The monoisotopic (exact) mass is 486 g/mol. The van der Waals surface area contributed by atoms with Crippen LogP contribution in [-0.4, -0.2) is 23.4 Å². The first-order valence-corrected chi connectivity index (χ1v) is 13.7. The third-order valence-corrected chi connectivity index (χ3v) is 8.32. The van der Waals surface area contributed by atoms with E-state index in [1.54, 1.807) is 11.3 Å². The highest BCUT2D eigenvalue weighted by molar-refractivity contribution is 7.10. The van der Waals surface area contributed by atoms with Gasteiger partial charge in [0.15, 0.2) is 0 Å². The smallest absolute Gasteiger partial charge is 0.228 e. The molecule has 2 N–H and O–H groups in total. The quantitative estimate of drug-likeness (QED) is 0.350. The Morgan fingerprint density at radius 2 is 1.94 bits per heavy atom. The largest absolute Gasteiger partial charge is 0.398 e. The van der Waals surface area contributed by atoms with Gasteiger partial charge in [0.25, 0.3) is 0 Å². The molecule has 4 rings (SSSR count). The number of carbonyl (C=O) groups is 1. The van der Waals surface area contributed by atoms with Crippen molar-refractivity contribution in [3.8, 4) is 11.1 Å². The molecule has 1 amide bonds. The first-order valence-electron chi connectivity index (χ1n) is 12.8. The first-order chi connectivity index (χ1) is 16.9. The maximum absolute atomic E-state index is 13.0. The lowest BCUT2D eigenvalue weighted by molar-refractivity contribution is -0.132. The minimum Gasteiger partial charge on any atom is -0.398 e. The Morgan fingerprint density at radius 3 is 2.60 bits per heavy atom. The molecule has 2 aromatic carbocycles. The maximum Gasteiger partial charge on any atom is 0.228 e. The number of hydrogen-bond donors (Lipinski definition) is 1. The molecule has 1 aliphatic heterocycles. The highest BCUT2D eigenvalue weighted by Gasteiger charge is 2.28. The number of nitrogens with zero attached hydrogens (tertiary/aromatic N) is 1. The minimum atomic E-state index is 0.251. The molecule has 0 aliphatic carbocycles. The number of hydrogen-bond acceptors (Lipinski definition) is 3. The summed E-state index contributed by atoms with van der Waals surface area (Å²) in [5.41, 5.74) is 13.7. The second kappa shape index (κ2) is 11.3. The summed E-state index contributed by atoms with van der Waals surface area (Å²) in [5, 5.41) is 2.04. The number of carbonyl (C=O) groups excluding carboxylic acids is 1. The molecule has 2 atom stereocenters. The average Bonchev–Trinajstić information content (AvgIpc) is 3.28. The van der Waals surface area contributed by atoms with Crippen LogP contribution in [0.5, 0.6) is 0 Å². The van der Waals surface area contributed by atoms with Crippen molar-refractivity contribution in [3.63, 3.8) is 0 Å². The van der Waals surface area contributed by atoms with Crippen molar-refractivity contribution < 1.29 is 4.79 Å². The van der Waals surface area contributed by atoms with Crippen LogP contribution in [0.3, 0.4) is 0 Å². The van der Waals surface area contributed by atoms with Crippen molar-refractivity contribution in [2.45, 2.75) is 64.8 Å². The second-order valence-corrected chi connectivity index (χ2v) is 11.2. The maximum atomic E-state index is 13.0. The number of benzene rings is 2. The summed E-state index contributed by atoms with van der Waals surface area (Å²) in [6, 6.07) is 17.0. The summed E-state index contributed by atoms with van der Waals surface area (Å²) in [5.74, 6) is 1.11. The Morgan fingerprint density at radius 1 is 1.17 bits per heavy atom. The summed E-state index contributed by atoms with van der Waals surface area (Å²) in [6.45, 7) is 11.7. The Hall–Kier alpha value is -2.85. The lowest BCUT2D eigenvalue weighted by atomic mass is 9.81. The van der Waals surface area contributed by atoms with Crippen LogP contribution in [0.2, 0.25) is 0 Å². The summed E-state index contributed by atoms with van der Waals surface area (Å²) < 4.78 is 0. The van der Waals surface area contributed by atoms with Gasteiger partial charge in [0.05, 0.1) is 6.42 Å². The zero-order valence-electron chi connectivity index (χ0n) is 21.3. The van der Waals surface area contributed by atoms with Gasteiger partial charge in [0, 0.05) is 23.2 Å². The molecule has 3 aromatic rings. The molecule has 1 aromatic heterocycles. The number of thiophene rings is 1. The van der Waals surface area contributed by atoms with Gasteiger partial charge >= 0.3 is 0 Å². The molecular weight excluding hydrogens is 448 g/mol. The van der Waals surface area contributed by atoms with Gasteiger partial charge in [-0.05, 0) is 89.8 Å². The van der Waals surface area contributed by atoms with E-state index in [0.29, 0.717) is 18.3 Å². The van der Waals surface area contributed by atoms with E-state index in [4.69, 9.17) is 5.73 Å². The summed E-state index contributed by atoms with van der Waals surface area (Å²) in [4.78, 5) is 16.3.